The molecule has 0 saturated carbocycles. The first-order valence-corrected chi connectivity index (χ1v) is 7.84. The molecule has 0 fully saturated rings. The Hall–Kier alpha value is -0.980. The van der Waals surface area contributed by atoms with Gasteiger partial charge in [-0.2, -0.15) is 0 Å². The smallest absolute Gasteiger partial charge is 0.123 e. The summed E-state index contributed by atoms with van der Waals surface area (Å²) < 4.78 is 6.15. The minimum Gasteiger partial charge on any atom is -0.493 e. The van der Waals surface area contributed by atoms with Gasteiger partial charge in [0.15, 0.2) is 0 Å². The Bertz CT molecular complexity index is 432. The zero-order valence-corrected chi connectivity index (χ0v) is 14.6. The topological polar surface area (TPSA) is 9.23 Å². The van der Waals surface area contributed by atoms with Crippen LogP contribution in [0.5, 0.6) is 5.75 Å². The first-order valence-electron chi connectivity index (χ1n) is 7.84. The van der Waals surface area contributed by atoms with Crippen LogP contribution in [0.25, 0.3) is 0 Å². The molecule has 0 aromatic heterocycles. The van der Waals surface area contributed by atoms with Crippen LogP contribution < -0.4 is 4.74 Å². The molecule has 1 aromatic carbocycles. The maximum Gasteiger partial charge on any atom is 0.123 e. The summed E-state index contributed by atoms with van der Waals surface area (Å²) in [5, 5.41) is 0. The molecule has 1 atom stereocenters. The van der Waals surface area contributed by atoms with Gasteiger partial charge in [-0.05, 0) is 28.4 Å². The Morgan fingerprint density at radius 3 is 2.05 bits per heavy atom. The molecule has 0 spiro atoms. The second-order valence-corrected chi connectivity index (χ2v) is 8.00. The van der Waals surface area contributed by atoms with E-state index in [0.717, 1.165) is 18.8 Å². The van der Waals surface area contributed by atoms with E-state index in [-0.39, 0.29) is 10.8 Å². The van der Waals surface area contributed by atoms with Gasteiger partial charge in [0, 0.05) is 5.56 Å². The van der Waals surface area contributed by atoms with Gasteiger partial charge in [0.2, 0.25) is 0 Å². The molecule has 1 unspecified atom stereocenters. The van der Waals surface area contributed by atoms with Crippen molar-refractivity contribution in [1.29, 1.82) is 0 Å². The number of hydrogen-bond donors (Lipinski definition) is 0. The Balaban J connectivity index is 3.24. The molecule has 1 heteroatoms. The van der Waals surface area contributed by atoms with Crippen LogP contribution in [0.2, 0.25) is 0 Å². The average Bonchev–Trinajstić information content (AvgIpc) is 2.33. The Labute approximate surface area is 125 Å². The van der Waals surface area contributed by atoms with Gasteiger partial charge < -0.3 is 4.74 Å². The van der Waals surface area contributed by atoms with E-state index in [2.05, 4.69) is 73.6 Å². The third kappa shape index (κ3) is 4.26. The monoisotopic (exact) mass is 276 g/mol. The Morgan fingerprint density at radius 1 is 1.00 bits per heavy atom. The molecule has 114 valence electrons. The normalized spacial score (nSPS) is 14.2. The minimum atomic E-state index is 0.0919. The molecule has 1 nitrogen and oxygen atoms in total. The van der Waals surface area contributed by atoms with Crippen molar-refractivity contribution in [3.8, 4) is 5.75 Å². The summed E-state index contributed by atoms with van der Waals surface area (Å²) in [6, 6.07) is 6.50. The molecular weight excluding hydrogens is 244 g/mol. The third-order valence-electron chi connectivity index (χ3n) is 3.80. The van der Waals surface area contributed by atoms with E-state index in [1.807, 2.05) is 0 Å². The lowest BCUT2D eigenvalue weighted by Gasteiger charge is -2.32. The van der Waals surface area contributed by atoms with Crippen LogP contribution in [-0.2, 0) is 10.8 Å². The Morgan fingerprint density at radius 2 is 1.60 bits per heavy atom. The molecule has 1 rings (SSSR count). The molecule has 20 heavy (non-hydrogen) atoms. The van der Waals surface area contributed by atoms with Gasteiger partial charge in [-0.3, -0.25) is 0 Å². The second-order valence-electron chi connectivity index (χ2n) is 8.00. The lowest BCUT2D eigenvalue weighted by atomic mass is 9.75. The zero-order valence-electron chi connectivity index (χ0n) is 14.6. The van der Waals surface area contributed by atoms with Gasteiger partial charge in [0.1, 0.15) is 5.75 Å². The first kappa shape index (κ1) is 17.1. The zero-order chi connectivity index (χ0) is 15.6. The van der Waals surface area contributed by atoms with Crippen molar-refractivity contribution in [2.45, 2.75) is 72.6 Å². The predicted molar refractivity (Wildman–Crippen MR) is 88.8 cm³/mol. The summed E-state index contributed by atoms with van der Waals surface area (Å²) in [4.78, 5) is 0. The summed E-state index contributed by atoms with van der Waals surface area (Å²) >= 11 is 0. The molecule has 0 saturated heterocycles. The fourth-order valence-corrected chi connectivity index (χ4v) is 2.40. The summed E-state index contributed by atoms with van der Waals surface area (Å²) in [6.07, 6.45) is 1.16. The number of rotatable bonds is 4. The highest BCUT2D eigenvalue weighted by Gasteiger charge is 2.28. The molecule has 0 heterocycles. The highest BCUT2D eigenvalue weighted by molar-refractivity contribution is 5.47. The van der Waals surface area contributed by atoms with Crippen LogP contribution in [0, 0.1) is 5.92 Å². The highest BCUT2D eigenvalue weighted by atomic mass is 16.5. The van der Waals surface area contributed by atoms with Gasteiger partial charge in [0.25, 0.3) is 0 Å². The van der Waals surface area contributed by atoms with Gasteiger partial charge >= 0.3 is 0 Å². The van der Waals surface area contributed by atoms with Crippen LogP contribution in [0.3, 0.4) is 0 Å². The standard InChI is InChI=1S/C19H32O/c1-9-14(2)13-20-16-12-10-11-15(18(3,4)5)17(16)19(6,7)8/h10-12,14H,9,13H2,1-8H3. The lowest BCUT2D eigenvalue weighted by Crippen LogP contribution is -2.23. The summed E-state index contributed by atoms with van der Waals surface area (Å²) in [7, 11) is 0. The maximum atomic E-state index is 6.15. The second kappa shape index (κ2) is 6.20. The SMILES string of the molecule is CCC(C)COc1cccc(C(C)(C)C)c1C(C)(C)C. The van der Waals surface area contributed by atoms with Crippen molar-refractivity contribution in [2.75, 3.05) is 6.61 Å². The molecule has 0 aliphatic carbocycles. The molecule has 0 aliphatic rings. The maximum absolute atomic E-state index is 6.15. The molecule has 0 bridgehead atoms. The van der Waals surface area contributed by atoms with Crippen LogP contribution in [-0.4, -0.2) is 6.61 Å². The number of benzene rings is 1. The number of ether oxygens (including phenoxy) is 1. The van der Waals surface area contributed by atoms with E-state index in [1.54, 1.807) is 0 Å². The van der Waals surface area contributed by atoms with Crippen molar-refractivity contribution in [2.24, 2.45) is 5.92 Å². The van der Waals surface area contributed by atoms with Crippen molar-refractivity contribution < 1.29 is 4.74 Å². The minimum absolute atomic E-state index is 0.0919. The van der Waals surface area contributed by atoms with Gasteiger partial charge in [-0.25, -0.2) is 0 Å². The lowest BCUT2D eigenvalue weighted by molar-refractivity contribution is 0.250. The van der Waals surface area contributed by atoms with Crippen LogP contribution >= 0.6 is 0 Å². The van der Waals surface area contributed by atoms with Crippen LogP contribution in [0.4, 0.5) is 0 Å². The third-order valence-corrected chi connectivity index (χ3v) is 3.80. The fraction of sp³-hybridized carbons (Fsp3) is 0.684. The molecule has 1 aromatic rings. The van der Waals surface area contributed by atoms with E-state index in [4.69, 9.17) is 4.74 Å². The van der Waals surface area contributed by atoms with Gasteiger partial charge in [-0.1, -0.05) is 73.9 Å². The van der Waals surface area contributed by atoms with Crippen molar-refractivity contribution in [1.82, 2.24) is 0 Å². The molecule has 0 N–H and O–H groups in total. The van der Waals surface area contributed by atoms with Crippen molar-refractivity contribution >= 4 is 0 Å². The first-order chi connectivity index (χ1) is 9.07. The van der Waals surface area contributed by atoms with Crippen LogP contribution in [0.1, 0.15) is 72.9 Å². The molecule has 0 amide bonds. The van der Waals surface area contributed by atoms with Gasteiger partial charge in [0.05, 0.1) is 6.61 Å². The summed E-state index contributed by atoms with van der Waals surface area (Å²) in [6.45, 7) is 18.9. The summed E-state index contributed by atoms with van der Waals surface area (Å²) in [5.74, 6) is 1.66. The fourth-order valence-electron chi connectivity index (χ4n) is 2.40. The largest absolute Gasteiger partial charge is 0.493 e. The molecule has 0 radical (unpaired) electrons. The van der Waals surface area contributed by atoms with E-state index in [0.29, 0.717) is 5.92 Å². The number of hydrogen-bond acceptors (Lipinski definition) is 1. The Kier molecular flexibility index (Phi) is 5.29. The van der Waals surface area contributed by atoms with Crippen molar-refractivity contribution in [3.05, 3.63) is 29.3 Å². The summed E-state index contributed by atoms with van der Waals surface area (Å²) in [5.41, 5.74) is 2.98. The van der Waals surface area contributed by atoms with E-state index in [1.165, 1.54) is 11.1 Å². The molecular formula is C19H32O. The van der Waals surface area contributed by atoms with Gasteiger partial charge in [-0.15, -0.1) is 0 Å². The predicted octanol–water partition coefficient (Wildman–Crippen LogP) is 5.71. The van der Waals surface area contributed by atoms with E-state index >= 15 is 0 Å². The van der Waals surface area contributed by atoms with Crippen molar-refractivity contribution in [3.63, 3.8) is 0 Å². The quantitative estimate of drug-likeness (QED) is 0.684. The van der Waals surface area contributed by atoms with Crippen LogP contribution in [0.15, 0.2) is 18.2 Å². The molecule has 0 aliphatic heterocycles. The average molecular weight is 276 g/mol. The highest BCUT2D eigenvalue weighted by Crippen LogP contribution is 2.39. The van der Waals surface area contributed by atoms with E-state index < -0.39 is 0 Å². The van der Waals surface area contributed by atoms with E-state index in [9.17, 15) is 0 Å².